The van der Waals surface area contributed by atoms with Gasteiger partial charge in [0.1, 0.15) is 15.9 Å². The Kier molecular flexibility index (Phi) is 3.96. The summed E-state index contributed by atoms with van der Waals surface area (Å²) in [6.45, 7) is 2.38. The number of hydrogen-bond acceptors (Lipinski definition) is 6. The molecule has 8 heteroatoms. The van der Waals surface area contributed by atoms with E-state index in [0.717, 1.165) is 31.0 Å². The Morgan fingerprint density at radius 3 is 2.95 bits per heavy atom. The second kappa shape index (κ2) is 5.60. The van der Waals surface area contributed by atoms with Gasteiger partial charge in [-0.25, -0.2) is 8.42 Å². The smallest absolute Gasteiger partial charge is 0.245 e. The van der Waals surface area contributed by atoms with Crippen molar-refractivity contribution in [2.75, 3.05) is 6.54 Å². The molecule has 1 aliphatic heterocycles. The Bertz CT molecular complexity index is 741. The van der Waals surface area contributed by atoms with Crippen molar-refractivity contribution in [2.24, 2.45) is 5.73 Å². The van der Waals surface area contributed by atoms with Crippen LogP contribution in [0.1, 0.15) is 26.2 Å². The average molecular weight is 326 g/mol. The number of benzene rings is 1. The number of piperidine rings is 1. The summed E-state index contributed by atoms with van der Waals surface area (Å²) in [4.78, 5) is 0.237. The summed E-state index contributed by atoms with van der Waals surface area (Å²) in [5, 5.41) is 0. The summed E-state index contributed by atoms with van der Waals surface area (Å²) in [6, 6.07) is 4.75. The van der Waals surface area contributed by atoms with Crippen LogP contribution in [0.4, 0.5) is 0 Å². The first kappa shape index (κ1) is 14.8. The maximum Gasteiger partial charge on any atom is 0.245 e. The van der Waals surface area contributed by atoms with Crippen LogP contribution in [0.25, 0.3) is 11.0 Å². The van der Waals surface area contributed by atoms with Crippen molar-refractivity contribution >= 4 is 32.8 Å². The quantitative estimate of drug-likeness (QED) is 0.925. The van der Waals surface area contributed by atoms with Crippen LogP contribution >= 0.6 is 11.7 Å². The fourth-order valence-electron chi connectivity index (χ4n) is 2.87. The van der Waals surface area contributed by atoms with E-state index in [4.69, 9.17) is 5.73 Å². The van der Waals surface area contributed by atoms with Crippen LogP contribution < -0.4 is 5.73 Å². The van der Waals surface area contributed by atoms with Crippen molar-refractivity contribution in [3.63, 3.8) is 0 Å². The maximum absolute atomic E-state index is 13.0. The highest BCUT2D eigenvalue weighted by Crippen LogP contribution is 2.30. The van der Waals surface area contributed by atoms with Gasteiger partial charge in [0.15, 0.2) is 0 Å². The summed E-state index contributed by atoms with van der Waals surface area (Å²) >= 11 is 1.03. The minimum absolute atomic E-state index is 0.148. The lowest BCUT2D eigenvalue weighted by Gasteiger charge is -2.36. The second-order valence-corrected chi connectivity index (χ2v) is 7.81. The van der Waals surface area contributed by atoms with Gasteiger partial charge in [0.25, 0.3) is 0 Å². The molecule has 0 unspecified atom stereocenters. The predicted molar refractivity (Wildman–Crippen MR) is 82.6 cm³/mol. The van der Waals surface area contributed by atoms with E-state index in [9.17, 15) is 8.42 Å². The third-order valence-electron chi connectivity index (χ3n) is 3.94. The van der Waals surface area contributed by atoms with Gasteiger partial charge in [-0.15, -0.1) is 0 Å². The fourth-order valence-corrected chi connectivity index (χ4v) is 5.40. The van der Waals surface area contributed by atoms with Gasteiger partial charge in [0, 0.05) is 18.6 Å². The lowest BCUT2D eigenvalue weighted by atomic mass is 10.00. The first-order valence-electron chi connectivity index (χ1n) is 7.00. The molecule has 1 saturated heterocycles. The number of hydrogen-bond donors (Lipinski definition) is 1. The Labute approximate surface area is 128 Å². The van der Waals surface area contributed by atoms with Crippen LogP contribution in [0.15, 0.2) is 23.1 Å². The molecule has 114 valence electrons. The maximum atomic E-state index is 13.0. The molecule has 3 rings (SSSR count). The van der Waals surface area contributed by atoms with Gasteiger partial charge in [0.05, 0.1) is 11.7 Å². The predicted octanol–water partition coefficient (Wildman–Crippen LogP) is 1.58. The number of nitrogens with zero attached hydrogens (tertiary/aromatic N) is 3. The molecule has 6 nitrogen and oxygen atoms in total. The third kappa shape index (κ3) is 2.57. The number of sulfonamides is 1. The van der Waals surface area contributed by atoms with E-state index < -0.39 is 10.0 Å². The van der Waals surface area contributed by atoms with Crippen LogP contribution in [-0.2, 0) is 10.0 Å². The zero-order valence-electron chi connectivity index (χ0n) is 11.8. The van der Waals surface area contributed by atoms with E-state index in [2.05, 4.69) is 8.75 Å². The van der Waals surface area contributed by atoms with Gasteiger partial charge >= 0.3 is 0 Å². The average Bonchev–Trinajstić information content (AvgIpc) is 2.95. The van der Waals surface area contributed by atoms with Crippen molar-refractivity contribution in [1.29, 1.82) is 0 Å². The normalized spacial score (nSPS) is 22.5. The highest BCUT2D eigenvalue weighted by atomic mass is 32.2. The van der Waals surface area contributed by atoms with Crippen LogP contribution in [0.5, 0.6) is 0 Å². The van der Waals surface area contributed by atoms with E-state index in [1.165, 1.54) is 0 Å². The van der Waals surface area contributed by atoms with Crippen LogP contribution in [-0.4, -0.2) is 40.1 Å². The molecule has 1 fully saturated rings. The Hall–Kier alpha value is -1.09. The largest absolute Gasteiger partial charge is 0.326 e. The summed E-state index contributed by atoms with van der Waals surface area (Å²) in [6.07, 6.45) is 2.69. The van der Waals surface area contributed by atoms with Crippen molar-refractivity contribution in [1.82, 2.24) is 13.1 Å². The Morgan fingerprint density at radius 2 is 2.19 bits per heavy atom. The Balaban J connectivity index is 2.09. The minimum atomic E-state index is -3.60. The minimum Gasteiger partial charge on any atom is -0.326 e. The van der Waals surface area contributed by atoms with Gasteiger partial charge in [-0.3, -0.25) is 0 Å². The molecule has 0 bridgehead atoms. The lowest BCUT2D eigenvalue weighted by Crippen LogP contribution is -2.51. The monoisotopic (exact) mass is 326 g/mol. The van der Waals surface area contributed by atoms with Crippen molar-refractivity contribution in [2.45, 2.75) is 43.2 Å². The van der Waals surface area contributed by atoms with Crippen molar-refractivity contribution < 1.29 is 8.42 Å². The fraction of sp³-hybridized carbons (Fsp3) is 0.538. The van der Waals surface area contributed by atoms with E-state index in [1.807, 2.05) is 6.92 Å². The van der Waals surface area contributed by atoms with Gasteiger partial charge in [-0.1, -0.05) is 12.5 Å². The second-order valence-electron chi connectivity index (χ2n) is 5.43. The highest BCUT2D eigenvalue weighted by molar-refractivity contribution is 7.89. The molecule has 0 aliphatic carbocycles. The van der Waals surface area contributed by atoms with Gasteiger partial charge in [-0.05, 0) is 31.9 Å². The van der Waals surface area contributed by atoms with Crippen molar-refractivity contribution in [3.05, 3.63) is 18.2 Å². The molecule has 1 aromatic carbocycles. The highest BCUT2D eigenvalue weighted by Gasteiger charge is 2.36. The van der Waals surface area contributed by atoms with E-state index in [0.29, 0.717) is 17.6 Å². The standard InChI is InChI=1S/C13H18N4O2S2/c1-9(14)11-6-2-3-8-17(11)21(18,19)12-7-4-5-10-13(12)16-20-15-10/h4-5,7,9,11H,2-3,6,8,14H2,1H3/t9-,11-/m1/s1. The molecular formula is C13H18N4O2S2. The molecule has 0 radical (unpaired) electrons. The molecule has 0 spiro atoms. The first-order valence-corrected chi connectivity index (χ1v) is 9.17. The topological polar surface area (TPSA) is 89.2 Å². The summed E-state index contributed by atoms with van der Waals surface area (Å²) < 4.78 is 35.9. The van der Waals surface area contributed by atoms with E-state index in [-0.39, 0.29) is 17.0 Å². The number of nitrogens with two attached hydrogens (primary N) is 1. The molecular weight excluding hydrogens is 308 g/mol. The summed E-state index contributed by atoms with van der Waals surface area (Å²) in [5.41, 5.74) is 7.07. The first-order chi connectivity index (χ1) is 10.0. The molecule has 0 saturated carbocycles. The number of aromatic nitrogens is 2. The zero-order chi connectivity index (χ0) is 15.0. The van der Waals surface area contributed by atoms with Crippen LogP contribution in [0, 0.1) is 0 Å². The molecule has 2 N–H and O–H groups in total. The third-order valence-corrected chi connectivity index (χ3v) is 6.44. The molecule has 2 aromatic rings. The van der Waals surface area contributed by atoms with Crippen LogP contribution in [0.2, 0.25) is 0 Å². The zero-order valence-corrected chi connectivity index (χ0v) is 13.4. The molecule has 1 aromatic heterocycles. The summed E-state index contributed by atoms with van der Waals surface area (Å²) in [5.74, 6) is 0. The van der Waals surface area contributed by atoms with Gasteiger partial charge in [0.2, 0.25) is 10.0 Å². The molecule has 21 heavy (non-hydrogen) atoms. The Morgan fingerprint density at radius 1 is 1.38 bits per heavy atom. The SMILES string of the molecule is C[C@@H](N)[C@H]1CCCCN1S(=O)(=O)c1cccc2nsnc12. The van der Waals surface area contributed by atoms with Gasteiger partial charge in [-0.2, -0.15) is 13.1 Å². The van der Waals surface area contributed by atoms with E-state index >= 15 is 0 Å². The number of rotatable bonds is 3. The molecule has 1 aliphatic rings. The number of fused-ring (bicyclic) bond motifs is 1. The molecule has 2 heterocycles. The van der Waals surface area contributed by atoms with E-state index in [1.54, 1.807) is 22.5 Å². The summed E-state index contributed by atoms with van der Waals surface area (Å²) in [7, 11) is -3.60. The van der Waals surface area contributed by atoms with Gasteiger partial charge < -0.3 is 5.73 Å². The molecule has 2 atom stereocenters. The van der Waals surface area contributed by atoms with Crippen LogP contribution in [0.3, 0.4) is 0 Å². The van der Waals surface area contributed by atoms with Crippen molar-refractivity contribution in [3.8, 4) is 0 Å². The molecule has 0 amide bonds. The lowest BCUT2D eigenvalue weighted by molar-refractivity contribution is 0.227.